The van der Waals surface area contributed by atoms with Gasteiger partial charge in [0, 0.05) is 12.6 Å². The predicted molar refractivity (Wildman–Crippen MR) is 69.9 cm³/mol. The molecule has 0 spiro atoms. The van der Waals surface area contributed by atoms with E-state index in [1.165, 1.54) is 6.07 Å². The zero-order chi connectivity index (χ0) is 13.2. The molecule has 0 aliphatic heterocycles. The Balaban J connectivity index is 3.21. The lowest BCUT2D eigenvalue weighted by Gasteiger charge is -2.36. The van der Waals surface area contributed by atoms with Gasteiger partial charge in [-0.1, -0.05) is 6.92 Å². The average Bonchev–Trinajstić information content (AvgIpc) is 2.28. The summed E-state index contributed by atoms with van der Waals surface area (Å²) in [5.41, 5.74) is 11.8. The van der Waals surface area contributed by atoms with Gasteiger partial charge in [0.05, 0.1) is 5.69 Å². The van der Waals surface area contributed by atoms with Gasteiger partial charge in [0.25, 0.3) is 5.91 Å². The van der Waals surface area contributed by atoms with Gasteiger partial charge < -0.3 is 16.4 Å². The van der Waals surface area contributed by atoms with Gasteiger partial charge in [-0.15, -0.1) is 0 Å². The Morgan fingerprint density at radius 3 is 2.53 bits per heavy atom. The van der Waals surface area contributed by atoms with Crippen molar-refractivity contribution in [1.82, 2.24) is 4.98 Å². The molecule has 0 saturated heterocycles. The molecule has 1 aromatic rings. The van der Waals surface area contributed by atoms with Gasteiger partial charge in [-0.2, -0.15) is 0 Å². The number of nitrogen functional groups attached to an aromatic ring is 1. The normalized spacial score (nSPS) is 11.3. The summed E-state index contributed by atoms with van der Waals surface area (Å²) in [7, 11) is 1.91. The monoisotopic (exact) mass is 236 g/mol. The van der Waals surface area contributed by atoms with Crippen LogP contribution in [0.4, 0.5) is 11.5 Å². The summed E-state index contributed by atoms with van der Waals surface area (Å²) in [6.07, 6.45) is 0.936. The van der Waals surface area contributed by atoms with Crippen LogP contribution in [0.1, 0.15) is 37.7 Å². The maximum atomic E-state index is 11.1. The summed E-state index contributed by atoms with van der Waals surface area (Å²) in [6.45, 7) is 6.26. The lowest BCUT2D eigenvalue weighted by Crippen LogP contribution is -2.41. The summed E-state index contributed by atoms with van der Waals surface area (Å²) in [6, 6.07) is 3.19. The second-order valence-corrected chi connectivity index (χ2v) is 4.70. The quantitative estimate of drug-likeness (QED) is 0.827. The predicted octanol–water partition coefficient (Wildman–Crippen LogP) is 1.39. The van der Waals surface area contributed by atoms with Gasteiger partial charge >= 0.3 is 0 Å². The van der Waals surface area contributed by atoms with E-state index < -0.39 is 5.91 Å². The average molecular weight is 236 g/mol. The molecule has 1 rings (SSSR count). The number of amides is 1. The third-order valence-electron chi connectivity index (χ3n) is 3.25. The Labute approximate surface area is 102 Å². The fourth-order valence-electron chi connectivity index (χ4n) is 1.39. The van der Waals surface area contributed by atoms with Gasteiger partial charge in [-0.05, 0) is 32.4 Å². The lowest BCUT2D eigenvalue weighted by atomic mass is 10.00. The van der Waals surface area contributed by atoms with Crippen LogP contribution in [-0.4, -0.2) is 23.5 Å². The molecule has 0 atom stereocenters. The van der Waals surface area contributed by atoms with Crippen molar-refractivity contribution in [3.63, 3.8) is 0 Å². The number of hydrogen-bond acceptors (Lipinski definition) is 4. The summed E-state index contributed by atoms with van der Waals surface area (Å²) >= 11 is 0. The molecule has 0 aliphatic rings. The SMILES string of the molecule is CCC(C)(C)N(C)c1nc(C(N)=O)ccc1N. The van der Waals surface area contributed by atoms with Crippen LogP contribution in [0.2, 0.25) is 0 Å². The van der Waals surface area contributed by atoms with Gasteiger partial charge in [0.15, 0.2) is 5.82 Å². The maximum absolute atomic E-state index is 11.1. The maximum Gasteiger partial charge on any atom is 0.267 e. The standard InChI is InChI=1S/C12H20N4O/c1-5-12(2,3)16(4)11-8(13)6-7-9(15-11)10(14)17/h6-7H,5,13H2,1-4H3,(H2,14,17). The van der Waals surface area contributed by atoms with E-state index >= 15 is 0 Å². The first-order valence-electron chi connectivity index (χ1n) is 5.59. The molecule has 0 fully saturated rings. The van der Waals surface area contributed by atoms with Crippen LogP contribution >= 0.6 is 0 Å². The Morgan fingerprint density at radius 2 is 2.06 bits per heavy atom. The molecular formula is C12H20N4O. The zero-order valence-corrected chi connectivity index (χ0v) is 10.8. The Morgan fingerprint density at radius 1 is 1.47 bits per heavy atom. The fourth-order valence-corrected chi connectivity index (χ4v) is 1.39. The number of rotatable bonds is 4. The Bertz CT molecular complexity index is 429. The molecule has 1 aromatic heterocycles. The number of nitrogens with zero attached hydrogens (tertiary/aromatic N) is 2. The van der Waals surface area contributed by atoms with E-state index in [1.807, 2.05) is 11.9 Å². The van der Waals surface area contributed by atoms with Crippen LogP contribution in [0.15, 0.2) is 12.1 Å². The Kier molecular flexibility index (Phi) is 3.60. The van der Waals surface area contributed by atoms with E-state index in [-0.39, 0.29) is 11.2 Å². The van der Waals surface area contributed by atoms with Crippen molar-refractivity contribution in [2.75, 3.05) is 17.7 Å². The van der Waals surface area contributed by atoms with E-state index in [2.05, 4.69) is 25.8 Å². The van der Waals surface area contributed by atoms with Gasteiger partial charge in [-0.25, -0.2) is 4.98 Å². The number of anilines is 2. The number of primary amides is 1. The third-order valence-corrected chi connectivity index (χ3v) is 3.25. The number of aromatic nitrogens is 1. The van der Waals surface area contributed by atoms with E-state index in [4.69, 9.17) is 11.5 Å². The van der Waals surface area contributed by atoms with E-state index in [1.54, 1.807) is 6.07 Å². The smallest absolute Gasteiger partial charge is 0.267 e. The van der Waals surface area contributed by atoms with Crippen LogP contribution in [-0.2, 0) is 0 Å². The van der Waals surface area contributed by atoms with Crippen molar-refractivity contribution in [3.05, 3.63) is 17.8 Å². The second-order valence-electron chi connectivity index (χ2n) is 4.70. The molecule has 0 unspecified atom stereocenters. The van der Waals surface area contributed by atoms with E-state index in [0.29, 0.717) is 11.5 Å². The van der Waals surface area contributed by atoms with Crippen molar-refractivity contribution in [2.24, 2.45) is 5.73 Å². The first-order valence-corrected chi connectivity index (χ1v) is 5.59. The molecule has 4 N–H and O–H groups in total. The van der Waals surface area contributed by atoms with Crippen molar-refractivity contribution in [2.45, 2.75) is 32.7 Å². The minimum atomic E-state index is -0.547. The first kappa shape index (κ1) is 13.3. The van der Waals surface area contributed by atoms with E-state index in [0.717, 1.165) is 6.42 Å². The van der Waals surface area contributed by atoms with Crippen molar-refractivity contribution in [3.8, 4) is 0 Å². The van der Waals surface area contributed by atoms with Crippen LogP contribution in [0.3, 0.4) is 0 Å². The second kappa shape index (κ2) is 4.61. The molecule has 5 nitrogen and oxygen atoms in total. The lowest BCUT2D eigenvalue weighted by molar-refractivity contribution is 0.0995. The topological polar surface area (TPSA) is 85.2 Å². The summed E-state index contributed by atoms with van der Waals surface area (Å²) in [4.78, 5) is 17.3. The van der Waals surface area contributed by atoms with Crippen LogP contribution in [0.25, 0.3) is 0 Å². The highest BCUT2D eigenvalue weighted by Crippen LogP contribution is 2.27. The summed E-state index contributed by atoms with van der Waals surface area (Å²) in [5, 5.41) is 0. The number of pyridine rings is 1. The van der Waals surface area contributed by atoms with Crippen LogP contribution < -0.4 is 16.4 Å². The molecule has 0 aliphatic carbocycles. The highest BCUT2D eigenvalue weighted by atomic mass is 16.1. The van der Waals surface area contributed by atoms with Crippen molar-refractivity contribution >= 4 is 17.4 Å². The highest BCUT2D eigenvalue weighted by Gasteiger charge is 2.24. The van der Waals surface area contributed by atoms with Crippen LogP contribution in [0, 0.1) is 0 Å². The minimum absolute atomic E-state index is 0.0859. The molecule has 0 saturated carbocycles. The molecule has 1 amide bonds. The minimum Gasteiger partial charge on any atom is -0.396 e. The Hall–Kier alpha value is -1.78. The fraction of sp³-hybridized carbons (Fsp3) is 0.500. The number of hydrogen-bond donors (Lipinski definition) is 2. The molecular weight excluding hydrogens is 216 g/mol. The molecule has 94 valence electrons. The highest BCUT2D eigenvalue weighted by molar-refractivity contribution is 5.91. The third kappa shape index (κ3) is 2.67. The molecule has 0 radical (unpaired) electrons. The summed E-state index contributed by atoms with van der Waals surface area (Å²) in [5.74, 6) is 0.0436. The van der Waals surface area contributed by atoms with Gasteiger partial charge in [0.1, 0.15) is 5.69 Å². The van der Waals surface area contributed by atoms with Gasteiger partial charge in [-0.3, -0.25) is 4.79 Å². The largest absolute Gasteiger partial charge is 0.396 e. The van der Waals surface area contributed by atoms with Crippen molar-refractivity contribution < 1.29 is 4.79 Å². The molecule has 0 aromatic carbocycles. The van der Waals surface area contributed by atoms with Crippen molar-refractivity contribution in [1.29, 1.82) is 0 Å². The molecule has 5 heteroatoms. The molecule has 0 bridgehead atoms. The van der Waals surface area contributed by atoms with E-state index in [9.17, 15) is 4.79 Å². The number of carbonyl (C=O) groups is 1. The first-order chi connectivity index (χ1) is 7.79. The molecule has 1 heterocycles. The molecule has 17 heavy (non-hydrogen) atoms. The summed E-state index contributed by atoms with van der Waals surface area (Å²) < 4.78 is 0. The zero-order valence-electron chi connectivity index (χ0n) is 10.8. The number of carbonyl (C=O) groups excluding carboxylic acids is 1. The van der Waals surface area contributed by atoms with Gasteiger partial charge in [0.2, 0.25) is 0 Å². The number of nitrogens with two attached hydrogens (primary N) is 2. The van der Waals surface area contributed by atoms with Crippen LogP contribution in [0.5, 0.6) is 0 Å².